The van der Waals surface area contributed by atoms with Gasteiger partial charge < -0.3 is 9.84 Å². The Morgan fingerprint density at radius 1 is 1.82 bits per heavy atom. The van der Waals surface area contributed by atoms with Crippen LogP contribution in [0.3, 0.4) is 0 Å². The number of nitriles is 1. The predicted octanol–water partition coefficient (Wildman–Crippen LogP) is 0.214. The maximum absolute atomic E-state index is 10.7. The van der Waals surface area contributed by atoms with Crippen molar-refractivity contribution in [3.05, 3.63) is 0 Å². The molecule has 0 aliphatic carbocycles. The third-order valence-corrected chi connectivity index (χ3v) is 1.09. The van der Waals surface area contributed by atoms with Gasteiger partial charge in [-0.1, -0.05) is 0 Å². The molecule has 1 N–H and O–H groups in total. The van der Waals surface area contributed by atoms with Crippen molar-refractivity contribution >= 4 is 5.97 Å². The Kier molecular flexibility index (Phi) is 5.13. The van der Waals surface area contributed by atoms with E-state index in [0.717, 1.165) is 0 Å². The fourth-order valence-corrected chi connectivity index (χ4v) is 0.558. The average molecular weight is 157 g/mol. The molecular formula is C7H11NO3. The molecule has 0 aromatic rings. The Balaban J connectivity index is 3.57. The highest BCUT2D eigenvalue weighted by Gasteiger charge is 2.14. The van der Waals surface area contributed by atoms with Crippen molar-refractivity contribution in [1.29, 1.82) is 5.26 Å². The molecule has 62 valence electrons. The third-order valence-electron chi connectivity index (χ3n) is 1.09. The first-order valence-corrected chi connectivity index (χ1v) is 3.44. The molecule has 0 amide bonds. The van der Waals surface area contributed by atoms with Crippen molar-refractivity contribution in [2.45, 2.75) is 25.9 Å². The van der Waals surface area contributed by atoms with Gasteiger partial charge in [-0.3, -0.25) is 0 Å². The number of rotatable bonds is 4. The van der Waals surface area contributed by atoms with Gasteiger partial charge in [-0.25, -0.2) is 4.79 Å². The van der Waals surface area contributed by atoms with E-state index in [-0.39, 0.29) is 19.4 Å². The highest BCUT2D eigenvalue weighted by atomic mass is 16.5. The number of nitrogens with zero attached hydrogens (tertiary/aromatic N) is 1. The summed E-state index contributed by atoms with van der Waals surface area (Å²) in [6, 6.07) is 1.83. The van der Waals surface area contributed by atoms with Crippen LogP contribution in [-0.4, -0.2) is 23.8 Å². The summed E-state index contributed by atoms with van der Waals surface area (Å²) in [5, 5.41) is 17.1. The van der Waals surface area contributed by atoms with E-state index in [4.69, 9.17) is 10.4 Å². The van der Waals surface area contributed by atoms with Gasteiger partial charge in [-0.15, -0.1) is 0 Å². The smallest absolute Gasteiger partial charge is 0.334 e. The SMILES string of the molecule is CCOC(=O)[C@@H](O)CCC#N. The predicted molar refractivity (Wildman–Crippen MR) is 37.5 cm³/mol. The monoisotopic (exact) mass is 157 g/mol. The van der Waals surface area contributed by atoms with Gasteiger partial charge in [0, 0.05) is 6.42 Å². The topological polar surface area (TPSA) is 70.3 Å². The fourth-order valence-electron chi connectivity index (χ4n) is 0.558. The van der Waals surface area contributed by atoms with Crippen LogP contribution in [0.25, 0.3) is 0 Å². The fraction of sp³-hybridized carbons (Fsp3) is 0.714. The zero-order valence-electron chi connectivity index (χ0n) is 6.41. The number of aliphatic hydroxyl groups excluding tert-OH is 1. The number of ether oxygens (including phenoxy) is 1. The van der Waals surface area contributed by atoms with Gasteiger partial charge in [-0.05, 0) is 13.3 Å². The van der Waals surface area contributed by atoms with E-state index in [2.05, 4.69) is 4.74 Å². The lowest BCUT2D eigenvalue weighted by molar-refractivity contribution is -0.153. The maximum atomic E-state index is 10.7. The van der Waals surface area contributed by atoms with E-state index < -0.39 is 12.1 Å². The largest absolute Gasteiger partial charge is 0.464 e. The quantitative estimate of drug-likeness (QED) is 0.592. The second-order valence-electron chi connectivity index (χ2n) is 1.96. The van der Waals surface area contributed by atoms with E-state index in [1.807, 2.05) is 6.07 Å². The first kappa shape index (κ1) is 9.92. The first-order chi connectivity index (χ1) is 5.22. The lowest BCUT2D eigenvalue weighted by Gasteiger charge is -2.06. The van der Waals surface area contributed by atoms with Gasteiger partial charge in [0.1, 0.15) is 0 Å². The summed E-state index contributed by atoms with van der Waals surface area (Å²) in [6.45, 7) is 1.91. The molecule has 4 heteroatoms. The lowest BCUT2D eigenvalue weighted by Crippen LogP contribution is -2.22. The molecular weight excluding hydrogens is 146 g/mol. The Labute approximate surface area is 65.4 Å². The van der Waals surface area contributed by atoms with Crippen LogP contribution in [-0.2, 0) is 9.53 Å². The van der Waals surface area contributed by atoms with Crippen LogP contribution in [0.4, 0.5) is 0 Å². The zero-order valence-corrected chi connectivity index (χ0v) is 6.41. The minimum Gasteiger partial charge on any atom is -0.464 e. The Hall–Kier alpha value is -1.08. The molecule has 4 nitrogen and oxygen atoms in total. The van der Waals surface area contributed by atoms with Crippen LogP contribution in [0.5, 0.6) is 0 Å². The highest BCUT2D eigenvalue weighted by molar-refractivity contribution is 5.74. The standard InChI is InChI=1S/C7H11NO3/c1-2-11-7(10)6(9)4-3-5-8/h6,9H,2-4H2,1H3/t6-/m0/s1. The molecule has 0 heterocycles. The molecule has 0 saturated carbocycles. The summed E-state index contributed by atoms with van der Waals surface area (Å²) >= 11 is 0. The van der Waals surface area contributed by atoms with Crippen LogP contribution in [0.2, 0.25) is 0 Å². The number of esters is 1. The van der Waals surface area contributed by atoms with Crippen molar-refractivity contribution in [1.82, 2.24) is 0 Å². The Bertz CT molecular complexity index is 162. The van der Waals surface area contributed by atoms with Crippen molar-refractivity contribution in [3.63, 3.8) is 0 Å². The van der Waals surface area contributed by atoms with E-state index >= 15 is 0 Å². The van der Waals surface area contributed by atoms with Gasteiger partial charge in [0.15, 0.2) is 6.10 Å². The maximum Gasteiger partial charge on any atom is 0.334 e. The second kappa shape index (κ2) is 5.69. The summed E-state index contributed by atoms with van der Waals surface area (Å²) in [5.74, 6) is -0.650. The van der Waals surface area contributed by atoms with Crippen molar-refractivity contribution < 1.29 is 14.6 Å². The summed E-state index contributed by atoms with van der Waals surface area (Å²) in [4.78, 5) is 10.7. The van der Waals surface area contributed by atoms with Gasteiger partial charge in [0.25, 0.3) is 0 Å². The van der Waals surface area contributed by atoms with Gasteiger partial charge in [-0.2, -0.15) is 5.26 Å². The normalized spacial score (nSPS) is 11.7. The molecule has 0 bridgehead atoms. The molecule has 0 spiro atoms. The van der Waals surface area contributed by atoms with E-state index in [0.29, 0.717) is 0 Å². The number of aliphatic hydroxyl groups is 1. The minimum atomic E-state index is -1.14. The first-order valence-electron chi connectivity index (χ1n) is 3.44. The van der Waals surface area contributed by atoms with Crippen LogP contribution in [0.15, 0.2) is 0 Å². The molecule has 0 aliphatic rings. The number of carbonyl (C=O) groups excluding carboxylic acids is 1. The van der Waals surface area contributed by atoms with Crippen molar-refractivity contribution in [2.75, 3.05) is 6.61 Å². The number of hydrogen-bond donors (Lipinski definition) is 1. The molecule has 0 radical (unpaired) electrons. The van der Waals surface area contributed by atoms with Gasteiger partial charge in [0.2, 0.25) is 0 Å². The van der Waals surface area contributed by atoms with Gasteiger partial charge in [0.05, 0.1) is 12.7 Å². The van der Waals surface area contributed by atoms with E-state index in [1.165, 1.54) is 0 Å². The van der Waals surface area contributed by atoms with Crippen LogP contribution in [0, 0.1) is 11.3 Å². The summed E-state index contributed by atoms with van der Waals surface area (Å²) in [6.07, 6.45) is -0.829. The van der Waals surface area contributed by atoms with Crippen molar-refractivity contribution in [2.24, 2.45) is 0 Å². The average Bonchev–Trinajstić information content (AvgIpc) is 2.00. The second-order valence-corrected chi connectivity index (χ2v) is 1.96. The Morgan fingerprint density at radius 2 is 2.45 bits per heavy atom. The van der Waals surface area contributed by atoms with Crippen LogP contribution >= 0.6 is 0 Å². The van der Waals surface area contributed by atoms with E-state index in [1.54, 1.807) is 6.92 Å². The molecule has 0 aromatic heterocycles. The summed E-state index contributed by atoms with van der Waals surface area (Å²) in [5.41, 5.74) is 0. The molecule has 0 rings (SSSR count). The van der Waals surface area contributed by atoms with Gasteiger partial charge >= 0.3 is 5.97 Å². The zero-order chi connectivity index (χ0) is 8.69. The highest BCUT2D eigenvalue weighted by Crippen LogP contribution is 1.97. The molecule has 0 fully saturated rings. The molecule has 0 aliphatic heterocycles. The van der Waals surface area contributed by atoms with Crippen LogP contribution in [0.1, 0.15) is 19.8 Å². The third kappa shape index (κ3) is 4.34. The Morgan fingerprint density at radius 3 is 2.91 bits per heavy atom. The lowest BCUT2D eigenvalue weighted by atomic mass is 10.2. The van der Waals surface area contributed by atoms with E-state index in [9.17, 15) is 4.79 Å². The summed E-state index contributed by atoms with van der Waals surface area (Å²) in [7, 11) is 0. The minimum absolute atomic E-state index is 0.148. The van der Waals surface area contributed by atoms with Crippen molar-refractivity contribution in [3.8, 4) is 6.07 Å². The molecule has 0 aromatic carbocycles. The number of carbonyl (C=O) groups is 1. The molecule has 0 saturated heterocycles. The molecule has 1 atom stereocenters. The molecule has 0 unspecified atom stereocenters. The van der Waals surface area contributed by atoms with Crippen LogP contribution < -0.4 is 0 Å². The number of hydrogen-bond acceptors (Lipinski definition) is 4. The summed E-state index contributed by atoms with van der Waals surface area (Å²) < 4.78 is 4.50. The molecule has 11 heavy (non-hydrogen) atoms.